The van der Waals surface area contributed by atoms with Crippen molar-refractivity contribution in [2.45, 2.75) is 18.7 Å². The number of piperazine rings is 1. The first-order valence-electron chi connectivity index (χ1n) is 8.46. The van der Waals surface area contributed by atoms with Crippen LogP contribution in [0.3, 0.4) is 0 Å². The van der Waals surface area contributed by atoms with Gasteiger partial charge in [-0.2, -0.15) is 13.2 Å². The van der Waals surface area contributed by atoms with Crippen molar-refractivity contribution in [2.75, 3.05) is 50.8 Å². The van der Waals surface area contributed by atoms with E-state index in [9.17, 15) is 18.0 Å². The third-order valence-electron chi connectivity index (χ3n) is 4.58. The first-order valence-corrected chi connectivity index (χ1v) is 8.46. The summed E-state index contributed by atoms with van der Waals surface area (Å²) >= 11 is 0. The molecule has 0 spiro atoms. The van der Waals surface area contributed by atoms with Crippen LogP contribution in [0.15, 0.2) is 24.3 Å². The highest BCUT2D eigenvalue weighted by Crippen LogP contribution is 2.31. The van der Waals surface area contributed by atoms with Crippen LogP contribution in [0.25, 0.3) is 0 Å². The number of rotatable bonds is 3. The van der Waals surface area contributed by atoms with Crippen molar-refractivity contribution in [2.24, 2.45) is 0 Å². The smallest absolute Gasteiger partial charge is 0.375 e. The second-order valence-corrected chi connectivity index (χ2v) is 6.32. The van der Waals surface area contributed by atoms with Crippen molar-refractivity contribution >= 4 is 36.4 Å². The lowest BCUT2D eigenvalue weighted by molar-refractivity contribution is -0.137. The number of hydrogen-bond acceptors (Lipinski definition) is 4. The van der Waals surface area contributed by atoms with Crippen LogP contribution in [-0.2, 0) is 15.7 Å². The number of nitrogens with zero attached hydrogens (tertiary/aromatic N) is 2. The van der Waals surface area contributed by atoms with Gasteiger partial charge in [-0.25, -0.2) is 0 Å². The highest BCUT2D eigenvalue weighted by Gasteiger charge is 2.31. The molecular formula is C17H24Cl2F3N3O2. The zero-order valence-electron chi connectivity index (χ0n) is 14.7. The van der Waals surface area contributed by atoms with Gasteiger partial charge in [-0.3, -0.25) is 4.79 Å². The van der Waals surface area contributed by atoms with Gasteiger partial charge in [0.2, 0.25) is 5.91 Å². The molecule has 1 aromatic rings. The summed E-state index contributed by atoms with van der Waals surface area (Å²) in [7, 11) is 0. The minimum Gasteiger partial charge on any atom is -0.375 e. The normalized spacial score (nSPS) is 20.5. The summed E-state index contributed by atoms with van der Waals surface area (Å²) in [6, 6.07) is 5.33. The minimum atomic E-state index is -4.35. The Morgan fingerprint density at radius 2 is 1.89 bits per heavy atom. The Hall–Kier alpha value is -1.22. The van der Waals surface area contributed by atoms with Gasteiger partial charge in [0.15, 0.2) is 0 Å². The maximum atomic E-state index is 12.8. The predicted molar refractivity (Wildman–Crippen MR) is 102 cm³/mol. The molecule has 2 aliphatic heterocycles. The van der Waals surface area contributed by atoms with Crippen LogP contribution < -0.4 is 10.2 Å². The van der Waals surface area contributed by atoms with Crippen molar-refractivity contribution in [1.82, 2.24) is 10.2 Å². The summed E-state index contributed by atoms with van der Waals surface area (Å²) in [4.78, 5) is 16.0. The van der Waals surface area contributed by atoms with E-state index in [2.05, 4.69) is 5.32 Å². The van der Waals surface area contributed by atoms with Crippen molar-refractivity contribution in [1.29, 1.82) is 0 Å². The molecule has 0 aliphatic carbocycles. The number of benzene rings is 1. The summed E-state index contributed by atoms with van der Waals surface area (Å²) in [5.74, 6) is 0.0393. The van der Waals surface area contributed by atoms with Gasteiger partial charge in [-0.1, -0.05) is 6.07 Å². The molecule has 0 aromatic heterocycles. The van der Waals surface area contributed by atoms with Gasteiger partial charge in [-0.05, 0) is 18.2 Å². The van der Waals surface area contributed by atoms with Crippen LogP contribution in [0.5, 0.6) is 0 Å². The van der Waals surface area contributed by atoms with Gasteiger partial charge < -0.3 is 19.9 Å². The third kappa shape index (κ3) is 6.41. The number of ether oxygens (including phenoxy) is 1. The zero-order chi connectivity index (χ0) is 17.9. The van der Waals surface area contributed by atoms with Crippen molar-refractivity contribution in [3.63, 3.8) is 0 Å². The number of anilines is 1. The maximum absolute atomic E-state index is 12.8. The van der Waals surface area contributed by atoms with E-state index < -0.39 is 11.7 Å². The molecule has 1 N–H and O–H groups in total. The van der Waals surface area contributed by atoms with Crippen LogP contribution in [-0.4, -0.2) is 62.8 Å². The summed E-state index contributed by atoms with van der Waals surface area (Å²) < 4.78 is 44.1. The summed E-state index contributed by atoms with van der Waals surface area (Å²) in [5, 5.41) is 3.19. The minimum absolute atomic E-state index is 0. The molecule has 5 nitrogen and oxygen atoms in total. The Kier molecular flexibility index (Phi) is 9.14. The SMILES string of the molecule is Cl.Cl.O=C(CC1CNCCO1)N1CCN(c2cccc(C(F)(F)F)c2)CC1. The van der Waals surface area contributed by atoms with Crippen molar-refractivity contribution in [3.8, 4) is 0 Å². The molecule has 0 radical (unpaired) electrons. The molecule has 1 unspecified atom stereocenters. The van der Waals surface area contributed by atoms with Gasteiger partial charge in [0.25, 0.3) is 0 Å². The van der Waals surface area contributed by atoms with E-state index >= 15 is 0 Å². The molecule has 10 heteroatoms. The quantitative estimate of drug-likeness (QED) is 0.801. The highest BCUT2D eigenvalue weighted by atomic mass is 35.5. The van der Waals surface area contributed by atoms with Crippen LogP contribution in [0.2, 0.25) is 0 Å². The van der Waals surface area contributed by atoms with E-state index in [1.165, 1.54) is 12.1 Å². The average molecular weight is 430 g/mol. The van der Waals surface area contributed by atoms with Crippen LogP contribution in [0.4, 0.5) is 18.9 Å². The van der Waals surface area contributed by atoms with E-state index in [0.717, 1.165) is 12.6 Å². The monoisotopic (exact) mass is 429 g/mol. The maximum Gasteiger partial charge on any atom is 0.416 e. The van der Waals surface area contributed by atoms with E-state index in [1.54, 1.807) is 11.0 Å². The third-order valence-corrected chi connectivity index (χ3v) is 4.58. The molecule has 3 rings (SSSR count). The number of amides is 1. The number of halogens is 5. The standard InChI is InChI=1S/C17H22F3N3O2.2ClH/c18-17(19,20)13-2-1-3-14(10-13)22-5-7-23(8-6-22)16(24)11-15-12-21-4-9-25-15;;/h1-3,10,15,21H,4-9,11-12H2;2*1H. The van der Waals surface area contributed by atoms with E-state index in [0.29, 0.717) is 51.4 Å². The summed E-state index contributed by atoms with van der Waals surface area (Å²) in [6.07, 6.45) is -4.10. The first kappa shape index (κ1) is 23.8. The Morgan fingerprint density at radius 1 is 1.19 bits per heavy atom. The molecule has 0 saturated carbocycles. The Balaban J connectivity index is 0.00000182. The number of carbonyl (C=O) groups is 1. The molecular weight excluding hydrogens is 406 g/mol. The van der Waals surface area contributed by atoms with E-state index in [4.69, 9.17) is 4.74 Å². The molecule has 1 atom stereocenters. The predicted octanol–water partition coefficient (Wildman–Crippen LogP) is 2.58. The molecule has 2 heterocycles. The fourth-order valence-electron chi connectivity index (χ4n) is 3.17. The zero-order valence-corrected chi connectivity index (χ0v) is 16.3. The molecule has 1 aromatic carbocycles. The average Bonchev–Trinajstić information content (AvgIpc) is 2.62. The van der Waals surface area contributed by atoms with Gasteiger partial charge >= 0.3 is 6.18 Å². The van der Waals surface area contributed by atoms with Crippen molar-refractivity contribution in [3.05, 3.63) is 29.8 Å². The first-order chi connectivity index (χ1) is 11.9. The van der Waals surface area contributed by atoms with Crippen molar-refractivity contribution < 1.29 is 22.7 Å². The molecule has 0 bridgehead atoms. The largest absolute Gasteiger partial charge is 0.416 e. The van der Waals surface area contributed by atoms with E-state index in [1.807, 2.05) is 4.90 Å². The van der Waals surface area contributed by atoms with Gasteiger partial charge in [-0.15, -0.1) is 24.8 Å². The van der Waals surface area contributed by atoms with Gasteiger partial charge in [0.05, 0.1) is 24.7 Å². The second-order valence-electron chi connectivity index (χ2n) is 6.32. The molecule has 2 saturated heterocycles. The Labute approximate surface area is 169 Å². The number of nitrogens with one attached hydrogen (secondary N) is 1. The van der Waals surface area contributed by atoms with E-state index in [-0.39, 0.29) is 36.8 Å². The second kappa shape index (κ2) is 10.4. The summed E-state index contributed by atoms with van der Waals surface area (Å²) in [5.41, 5.74) is -0.104. The molecule has 1 amide bonds. The molecule has 154 valence electrons. The lowest BCUT2D eigenvalue weighted by Gasteiger charge is -2.37. The topological polar surface area (TPSA) is 44.8 Å². The van der Waals surface area contributed by atoms with Crippen LogP contribution in [0.1, 0.15) is 12.0 Å². The number of carbonyl (C=O) groups excluding carboxylic acids is 1. The fourth-order valence-corrected chi connectivity index (χ4v) is 3.17. The molecule has 2 fully saturated rings. The van der Waals surface area contributed by atoms with Gasteiger partial charge in [0.1, 0.15) is 0 Å². The lowest BCUT2D eigenvalue weighted by atomic mass is 10.1. The fraction of sp³-hybridized carbons (Fsp3) is 0.588. The van der Waals surface area contributed by atoms with Gasteiger partial charge in [0, 0.05) is 45.0 Å². The van der Waals surface area contributed by atoms with Crippen LogP contribution >= 0.6 is 24.8 Å². The highest BCUT2D eigenvalue weighted by molar-refractivity contribution is 5.85. The number of morpholine rings is 1. The molecule has 27 heavy (non-hydrogen) atoms. The summed E-state index contributed by atoms with van der Waals surface area (Å²) in [6.45, 7) is 4.16. The lowest BCUT2D eigenvalue weighted by Crippen LogP contribution is -2.50. The molecule has 2 aliphatic rings. The number of hydrogen-bond donors (Lipinski definition) is 1. The number of alkyl halides is 3. The Morgan fingerprint density at radius 3 is 2.48 bits per heavy atom. The van der Waals surface area contributed by atoms with Crippen LogP contribution in [0, 0.1) is 0 Å². The Bertz CT molecular complexity index is 605.